The molecule has 1 unspecified atom stereocenters. The highest BCUT2D eigenvalue weighted by Crippen LogP contribution is 2.15. The number of amidine groups is 1. The fraction of sp³-hybridized carbons (Fsp3) is 0.875. The first kappa shape index (κ1) is 8.91. The summed E-state index contributed by atoms with van der Waals surface area (Å²) < 4.78 is 0. The molecule has 1 fully saturated rings. The van der Waals surface area contributed by atoms with E-state index in [9.17, 15) is 0 Å². The third-order valence-corrected chi connectivity index (χ3v) is 2.79. The minimum absolute atomic E-state index is 0.668. The zero-order chi connectivity index (χ0) is 8.10. The predicted molar refractivity (Wildman–Crippen MR) is 52.3 cm³/mol. The van der Waals surface area contributed by atoms with Crippen LogP contribution < -0.4 is 5.32 Å². The van der Waals surface area contributed by atoms with E-state index in [4.69, 9.17) is 0 Å². The molecular weight excluding hydrogens is 156 g/mol. The van der Waals surface area contributed by atoms with Gasteiger partial charge in [0.15, 0.2) is 5.17 Å². The summed E-state index contributed by atoms with van der Waals surface area (Å²) >= 11 is 1.85. The van der Waals surface area contributed by atoms with Crippen LogP contribution in [0.15, 0.2) is 4.99 Å². The van der Waals surface area contributed by atoms with Crippen molar-refractivity contribution in [3.05, 3.63) is 0 Å². The highest BCUT2D eigenvalue weighted by molar-refractivity contribution is 8.13. The van der Waals surface area contributed by atoms with E-state index in [0.717, 1.165) is 11.7 Å². The molecule has 0 amide bonds. The van der Waals surface area contributed by atoms with Crippen LogP contribution in [-0.2, 0) is 0 Å². The van der Waals surface area contributed by atoms with Gasteiger partial charge in [0.1, 0.15) is 0 Å². The monoisotopic (exact) mass is 172 g/mol. The van der Waals surface area contributed by atoms with Gasteiger partial charge in [0.25, 0.3) is 0 Å². The normalized spacial score (nSPS) is 28.5. The van der Waals surface area contributed by atoms with Gasteiger partial charge in [-0.2, -0.15) is 0 Å². The maximum absolute atomic E-state index is 4.35. The molecule has 1 aliphatic heterocycles. The molecule has 3 heteroatoms. The zero-order valence-electron chi connectivity index (χ0n) is 7.26. The first-order valence-electron chi connectivity index (χ1n) is 4.30. The van der Waals surface area contributed by atoms with E-state index < -0.39 is 0 Å². The molecular formula is C8H16N2S. The second-order valence-electron chi connectivity index (χ2n) is 2.67. The molecule has 1 saturated heterocycles. The van der Waals surface area contributed by atoms with Crippen LogP contribution in [-0.4, -0.2) is 23.5 Å². The Kier molecular flexibility index (Phi) is 3.77. The number of nitrogens with zero attached hydrogens (tertiary/aromatic N) is 1. The molecule has 1 aliphatic rings. The SMILES string of the molecule is CCN=C1NC(CC)CCS1. The molecule has 0 spiro atoms. The van der Waals surface area contributed by atoms with Crippen LogP contribution in [0.4, 0.5) is 0 Å². The van der Waals surface area contributed by atoms with Crippen molar-refractivity contribution < 1.29 is 0 Å². The Morgan fingerprint density at radius 1 is 1.64 bits per heavy atom. The maximum atomic E-state index is 4.35. The van der Waals surface area contributed by atoms with E-state index >= 15 is 0 Å². The lowest BCUT2D eigenvalue weighted by Gasteiger charge is -2.23. The molecule has 2 nitrogen and oxygen atoms in total. The zero-order valence-corrected chi connectivity index (χ0v) is 8.08. The molecule has 0 radical (unpaired) electrons. The fourth-order valence-electron chi connectivity index (χ4n) is 1.13. The lowest BCUT2D eigenvalue weighted by Crippen LogP contribution is -2.37. The van der Waals surface area contributed by atoms with Gasteiger partial charge in [-0.1, -0.05) is 18.7 Å². The van der Waals surface area contributed by atoms with Crippen molar-refractivity contribution in [2.24, 2.45) is 4.99 Å². The third-order valence-electron chi connectivity index (χ3n) is 1.83. The van der Waals surface area contributed by atoms with Crippen molar-refractivity contribution >= 4 is 16.9 Å². The number of nitrogens with one attached hydrogen (secondary N) is 1. The van der Waals surface area contributed by atoms with Gasteiger partial charge in [-0.05, 0) is 19.8 Å². The number of rotatable bonds is 2. The highest BCUT2D eigenvalue weighted by Gasteiger charge is 2.14. The minimum atomic E-state index is 0.668. The minimum Gasteiger partial charge on any atom is -0.362 e. The Labute approximate surface area is 72.9 Å². The van der Waals surface area contributed by atoms with Gasteiger partial charge in [-0.25, -0.2) is 0 Å². The van der Waals surface area contributed by atoms with Crippen LogP contribution in [0.3, 0.4) is 0 Å². The fourth-order valence-corrected chi connectivity index (χ4v) is 2.19. The summed E-state index contributed by atoms with van der Waals surface area (Å²) in [6, 6.07) is 0.668. The van der Waals surface area contributed by atoms with Crippen LogP contribution >= 0.6 is 11.8 Å². The second kappa shape index (κ2) is 4.65. The molecule has 0 aromatic rings. The van der Waals surface area contributed by atoms with E-state index in [1.54, 1.807) is 0 Å². The van der Waals surface area contributed by atoms with E-state index in [1.165, 1.54) is 18.6 Å². The maximum Gasteiger partial charge on any atom is 0.156 e. The number of thioether (sulfide) groups is 1. The van der Waals surface area contributed by atoms with E-state index in [2.05, 4.69) is 24.2 Å². The van der Waals surface area contributed by atoms with Crippen LogP contribution in [0.1, 0.15) is 26.7 Å². The number of hydrogen-bond donors (Lipinski definition) is 1. The van der Waals surface area contributed by atoms with Gasteiger partial charge in [-0.3, -0.25) is 4.99 Å². The molecule has 0 aromatic carbocycles. The van der Waals surface area contributed by atoms with Gasteiger partial charge in [0.2, 0.25) is 0 Å². The molecule has 0 aromatic heterocycles. The van der Waals surface area contributed by atoms with Crippen LogP contribution in [0.5, 0.6) is 0 Å². The molecule has 0 aliphatic carbocycles. The topological polar surface area (TPSA) is 24.4 Å². The molecule has 1 atom stereocenters. The second-order valence-corrected chi connectivity index (χ2v) is 3.75. The van der Waals surface area contributed by atoms with Crippen molar-refractivity contribution in [3.8, 4) is 0 Å². The molecule has 1 rings (SSSR count). The molecule has 0 saturated carbocycles. The average molecular weight is 172 g/mol. The van der Waals surface area contributed by atoms with Gasteiger partial charge in [0, 0.05) is 18.3 Å². The standard InChI is InChI=1S/C8H16N2S/c1-3-7-5-6-11-8(10-7)9-4-2/h7H,3-6H2,1-2H3,(H,9,10). The predicted octanol–water partition coefficient (Wildman–Crippen LogP) is 1.87. The number of hydrogen-bond acceptors (Lipinski definition) is 2. The number of aliphatic imine (C=N–C) groups is 1. The summed E-state index contributed by atoms with van der Waals surface area (Å²) in [6.45, 7) is 5.19. The largest absolute Gasteiger partial charge is 0.362 e. The lowest BCUT2D eigenvalue weighted by molar-refractivity contribution is 0.571. The summed E-state index contributed by atoms with van der Waals surface area (Å²) in [5.41, 5.74) is 0. The first-order valence-corrected chi connectivity index (χ1v) is 5.29. The Balaban J connectivity index is 2.39. The highest BCUT2D eigenvalue weighted by atomic mass is 32.2. The van der Waals surface area contributed by atoms with Crippen LogP contribution in [0.25, 0.3) is 0 Å². The quantitative estimate of drug-likeness (QED) is 0.687. The summed E-state index contributed by atoms with van der Waals surface area (Å²) in [7, 11) is 0. The van der Waals surface area contributed by atoms with E-state index in [0.29, 0.717) is 6.04 Å². The smallest absolute Gasteiger partial charge is 0.156 e. The summed E-state index contributed by atoms with van der Waals surface area (Å²) in [6.07, 6.45) is 2.49. The molecule has 0 bridgehead atoms. The summed E-state index contributed by atoms with van der Waals surface area (Å²) in [5.74, 6) is 1.23. The van der Waals surface area contributed by atoms with E-state index in [1.807, 2.05) is 11.8 Å². The van der Waals surface area contributed by atoms with Crippen molar-refractivity contribution in [3.63, 3.8) is 0 Å². The van der Waals surface area contributed by atoms with Crippen molar-refractivity contribution in [2.45, 2.75) is 32.7 Å². The van der Waals surface area contributed by atoms with Crippen LogP contribution in [0, 0.1) is 0 Å². The molecule has 1 heterocycles. The van der Waals surface area contributed by atoms with Crippen molar-refractivity contribution in [2.75, 3.05) is 12.3 Å². The van der Waals surface area contributed by atoms with Gasteiger partial charge < -0.3 is 5.32 Å². The Morgan fingerprint density at radius 2 is 2.45 bits per heavy atom. The molecule has 11 heavy (non-hydrogen) atoms. The lowest BCUT2D eigenvalue weighted by atomic mass is 10.2. The summed E-state index contributed by atoms with van der Waals surface area (Å²) in [4.78, 5) is 4.35. The van der Waals surface area contributed by atoms with E-state index in [-0.39, 0.29) is 0 Å². The Hall–Kier alpha value is -0.180. The Morgan fingerprint density at radius 3 is 3.09 bits per heavy atom. The Bertz CT molecular complexity index is 145. The summed E-state index contributed by atoms with van der Waals surface area (Å²) in [5, 5.41) is 4.56. The first-order chi connectivity index (χ1) is 5.36. The van der Waals surface area contributed by atoms with Crippen molar-refractivity contribution in [1.82, 2.24) is 5.32 Å². The average Bonchev–Trinajstić information content (AvgIpc) is 2.06. The van der Waals surface area contributed by atoms with Gasteiger partial charge in [0.05, 0.1) is 0 Å². The van der Waals surface area contributed by atoms with Crippen molar-refractivity contribution in [1.29, 1.82) is 0 Å². The van der Waals surface area contributed by atoms with Crippen LogP contribution in [0.2, 0.25) is 0 Å². The molecule has 1 N–H and O–H groups in total. The third kappa shape index (κ3) is 2.73. The van der Waals surface area contributed by atoms with Gasteiger partial charge in [-0.15, -0.1) is 0 Å². The molecule has 64 valence electrons. The van der Waals surface area contributed by atoms with Gasteiger partial charge >= 0.3 is 0 Å².